The smallest absolute Gasteiger partial charge is 0.289 e. The first-order valence-corrected chi connectivity index (χ1v) is 8.22. The van der Waals surface area contributed by atoms with Crippen LogP contribution in [0.4, 0.5) is 0 Å². The standard InChI is InChI=1S/C19H23NO3/c1-22-17-8-6-15(7-9-17)4-5-16-10-12-20(13-11-16)19(21)18-3-2-14-23-18/h2-3,6-9,14,16H,4-5,10-13H2,1H3. The Morgan fingerprint density at radius 1 is 1.22 bits per heavy atom. The number of aryl methyl sites for hydroxylation is 1. The number of rotatable bonds is 5. The van der Waals surface area contributed by atoms with E-state index in [-0.39, 0.29) is 5.91 Å². The molecule has 0 atom stereocenters. The van der Waals surface area contributed by atoms with Crippen molar-refractivity contribution >= 4 is 5.91 Å². The molecule has 0 bridgehead atoms. The van der Waals surface area contributed by atoms with E-state index < -0.39 is 0 Å². The van der Waals surface area contributed by atoms with Crippen molar-refractivity contribution in [2.75, 3.05) is 20.2 Å². The number of likely N-dealkylation sites (tertiary alicyclic amines) is 1. The lowest BCUT2D eigenvalue weighted by Gasteiger charge is -2.31. The van der Waals surface area contributed by atoms with Crippen LogP contribution in [-0.4, -0.2) is 31.0 Å². The van der Waals surface area contributed by atoms with Crippen molar-refractivity contribution in [3.8, 4) is 5.75 Å². The van der Waals surface area contributed by atoms with Crippen molar-refractivity contribution in [1.82, 2.24) is 4.90 Å². The summed E-state index contributed by atoms with van der Waals surface area (Å²) in [5.74, 6) is 2.06. The van der Waals surface area contributed by atoms with Gasteiger partial charge in [0.05, 0.1) is 13.4 Å². The highest BCUT2D eigenvalue weighted by molar-refractivity contribution is 5.91. The number of methoxy groups -OCH3 is 1. The van der Waals surface area contributed by atoms with Crippen molar-refractivity contribution in [1.29, 1.82) is 0 Å². The van der Waals surface area contributed by atoms with Gasteiger partial charge in [0.25, 0.3) is 5.91 Å². The van der Waals surface area contributed by atoms with E-state index in [1.54, 1.807) is 25.5 Å². The van der Waals surface area contributed by atoms with E-state index >= 15 is 0 Å². The average Bonchev–Trinajstić information content (AvgIpc) is 3.15. The molecule has 0 radical (unpaired) electrons. The Hall–Kier alpha value is -2.23. The summed E-state index contributed by atoms with van der Waals surface area (Å²) < 4.78 is 10.4. The minimum absolute atomic E-state index is 0.0172. The Balaban J connectivity index is 1.44. The zero-order valence-corrected chi connectivity index (χ0v) is 13.5. The molecule has 2 aromatic rings. The fourth-order valence-corrected chi connectivity index (χ4v) is 3.14. The summed E-state index contributed by atoms with van der Waals surface area (Å²) in [4.78, 5) is 14.1. The molecule has 0 N–H and O–H groups in total. The maximum absolute atomic E-state index is 12.2. The lowest BCUT2D eigenvalue weighted by molar-refractivity contribution is 0.0655. The molecule has 1 fully saturated rings. The predicted octanol–water partition coefficient (Wildman–Crippen LogP) is 3.77. The van der Waals surface area contributed by atoms with Gasteiger partial charge in [0.15, 0.2) is 5.76 Å². The van der Waals surface area contributed by atoms with Crippen LogP contribution in [0.1, 0.15) is 35.4 Å². The third-order valence-corrected chi connectivity index (χ3v) is 4.63. The summed E-state index contributed by atoms with van der Waals surface area (Å²) in [6.45, 7) is 1.65. The Kier molecular flexibility index (Phi) is 5.01. The first-order chi connectivity index (χ1) is 11.3. The minimum atomic E-state index is 0.0172. The minimum Gasteiger partial charge on any atom is -0.497 e. The van der Waals surface area contributed by atoms with Crippen LogP contribution in [0, 0.1) is 5.92 Å². The maximum Gasteiger partial charge on any atom is 0.289 e. The van der Waals surface area contributed by atoms with Gasteiger partial charge in [-0.2, -0.15) is 0 Å². The summed E-state index contributed by atoms with van der Waals surface area (Å²) >= 11 is 0. The summed E-state index contributed by atoms with van der Waals surface area (Å²) in [7, 11) is 1.69. The quantitative estimate of drug-likeness (QED) is 0.844. The Morgan fingerprint density at radius 2 is 1.96 bits per heavy atom. The molecule has 0 aliphatic carbocycles. The van der Waals surface area contributed by atoms with Gasteiger partial charge in [0, 0.05) is 13.1 Å². The zero-order valence-electron chi connectivity index (χ0n) is 13.5. The van der Waals surface area contributed by atoms with Crippen LogP contribution in [-0.2, 0) is 6.42 Å². The molecule has 0 saturated carbocycles. The second-order valence-electron chi connectivity index (χ2n) is 6.10. The van der Waals surface area contributed by atoms with Gasteiger partial charge in [0.2, 0.25) is 0 Å². The molecule has 3 rings (SSSR count). The van der Waals surface area contributed by atoms with E-state index in [9.17, 15) is 4.79 Å². The number of amides is 1. The lowest BCUT2D eigenvalue weighted by atomic mass is 9.90. The largest absolute Gasteiger partial charge is 0.497 e. The number of hydrogen-bond acceptors (Lipinski definition) is 3. The maximum atomic E-state index is 12.2. The molecule has 4 nitrogen and oxygen atoms in total. The third-order valence-electron chi connectivity index (χ3n) is 4.63. The second-order valence-corrected chi connectivity index (χ2v) is 6.10. The molecule has 1 aromatic heterocycles. The van der Waals surface area contributed by atoms with Gasteiger partial charge >= 0.3 is 0 Å². The van der Waals surface area contributed by atoms with E-state index in [4.69, 9.17) is 9.15 Å². The van der Waals surface area contributed by atoms with Gasteiger partial charge in [-0.25, -0.2) is 0 Å². The number of carbonyl (C=O) groups is 1. The van der Waals surface area contributed by atoms with Gasteiger partial charge < -0.3 is 14.1 Å². The number of piperidine rings is 1. The van der Waals surface area contributed by atoms with Crippen LogP contribution in [0.25, 0.3) is 0 Å². The highest BCUT2D eigenvalue weighted by atomic mass is 16.5. The van der Waals surface area contributed by atoms with E-state index in [0.29, 0.717) is 11.7 Å². The number of hydrogen-bond donors (Lipinski definition) is 0. The monoisotopic (exact) mass is 313 g/mol. The number of carbonyl (C=O) groups excluding carboxylic acids is 1. The predicted molar refractivity (Wildman–Crippen MR) is 88.7 cm³/mol. The topological polar surface area (TPSA) is 42.7 Å². The third kappa shape index (κ3) is 3.95. The Bertz CT molecular complexity index is 611. The zero-order chi connectivity index (χ0) is 16.1. The lowest BCUT2D eigenvalue weighted by Crippen LogP contribution is -2.38. The van der Waals surface area contributed by atoms with Crippen molar-refractivity contribution in [2.45, 2.75) is 25.7 Å². The van der Waals surface area contributed by atoms with Crippen molar-refractivity contribution in [3.63, 3.8) is 0 Å². The molecule has 122 valence electrons. The van der Waals surface area contributed by atoms with Crippen LogP contribution in [0.3, 0.4) is 0 Å². The molecule has 1 amide bonds. The van der Waals surface area contributed by atoms with Gasteiger partial charge in [-0.05, 0) is 61.4 Å². The normalized spacial score (nSPS) is 15.6. The molecule has 2 heterocycles. The molecular weight excluding hydrogens is 290 g/mol. The van der Waals surface area contributed by atoms with Crippen molar-refractivity contribution in [2.24, 2.45) is 5.92 Å². The molecular formula is C19H23NO3. The van der Waals surface area contributed by atoms with Gasteiger partial charge in [-0.1, -0.05) is 12.1 Å². The molecule has 0 unspecified atom stereocenters. The first-order valence-electron chi connectivity index (χ1n) is 8.22. The Morgan fingerprint density at radius 3 is 2.57 bits per heavy atom. The average molecular weight is 313 g/mol. The number of nitrogens with zero attached hydrogens (tertiary/aromatic N) is 1. The van der Waals surface area contributed by atoms with Crippen LogP contribution in [0.5, 0.6) is 5.75 Å². The summed E-state index contributed by atoms with van der Waals surface area (Å²) in [6, 6.07) is 11.8. The van der Waals surface area contributed by atoms with E-state index in [0.717, 1.165) is 38.1 Å². The highest BCUT2D eigenvalue weighted by Crippen LogP contribution is 2.24. The Labute approximate surface area is 137 Å². The number of benzene rings is 1. The summed E-state index contributed by atoms with van der Waals surface area (Å²) in [6.07, 6.45) is 5.95. The van der Waals surface area contributed by atoms with Crippen LogP contribution >= 0.6 is 0 Å². The number of ether oxygens (including phenoxy) is 1. The molecule has 0 spiro atoms. The second kappa shape index (κ2) is 7.36. The fourth-order valence-electron chi connectivity index (χ4n) is 3.14. The summed E-state index contributed by atoms with van der Waals surface area (Å²) in [5.41, 5.74) is 1.35. The molecule has 1 aromatic carbocycles. The van der Waals surface area contributed by atoms with Crippen LogP contribution in [0.15, 0.2) is 47.1 Å². The van der Waals surface area contributed by atoms with Gasteiger partial charge in [0.1, 0.15) is 5.75 Å². The van der Waals surface area contributed by atoms with E-state index in [1.807, 2.05) is 17.0 Å². The van der Waals surface area contributed by atoms with Crippen molar-refractivity contribution < 1.29 is 13.9 Å². The molecule has 1 aliphatic rings. The fraction of sp³-hybridized carbons (Fsp3) is 0.421. The van der Waals surface area contributed by atoms with E-state index in [1.165, 1.54) is 12.0 Å². The highest BCUT2D eigenvalue weighted by Gasteiger charge is 2.24. The first kappa shape index (κ1) is 15.7. The molecule has 1 aliphatic heterocycles. The number of furan rings is 1. The van der Waals surface area contributed by atoms with E-state index in [2.05, 4.69) is 12.1 Å². The SMILES string of the molecule is COc1ccc(CCC2CCN(C(=O)c3ccco3)CC2)cc1. The van der Waals surface area contributed by atoms with Crippen molar-refractivity contribution in [3.05, 3.63) is 54.0 Å². The van der Waals surface area contributed by atoms with Crippen LogP contribution in [0.2, 0.25) is 0 Å². The molecule has 1 saturated heterocycles. The molecule has 4 heteroatoms. The molecule has 23 heavy (non-hydrogen) atoms. The van der Waals surface area contributed by atoms with Gasteiger partial charge in [-0.3, -0.25) is 4.79 Å². The van der Waals surface area contributed by atoms with Gasteiger partial charge in [-0.15, -0.1) is 0 Å². The van der Waals surface area contributed by atoms with Crippen LogP contribution < -0.4 is 4.74 Å². The summed E-state index contributed by atoms with van der Waals surface area (Å²) in [5, 5.41) is 0.